The molecule has 0 atom stereocenters. The highest BCUT2D eigenvalue weighted by atomic mass is 16.6. The maximum Gasteiger partial charge on any atom is 0.275 e. The van der Waals surface area contributed by atoms with E-state index >= 15 is 0 Å². The van der Waals surface area contributed by atoms with Gasteiger partial charge in [-0.15, -0.1) is 0 Å². The fraction of sp³-hybridized carbons (Fsp3) is 0.158. The Labute approximate surface area is 155 Å². The van der Waals surface area contributed by atoms with Gasteiger partial charge < -0.3 is 10.1 Å². The summed E-state index contributed by atoms with van der Waals surface area (Å²) in [5, 5.41) is 17.9. The summed E-state index contributed by atoms with van der Waals surface area (Å²) < 4.78 is 7.35. The number of carbonyl (C=O) groups is 1. The molecule has 0 saturated carbocycles. The van der Waals surface area contributed by atoms with Crippen LogP contribution in [0.3, 0.4) is 0 Å². The normalized spacial score (nSPS) is 10.4. The first-order valence-electron chi connectivity index (χ1n) is 8.32. The molecule has 1 heterocycles. The van der Waals surface area contributed by atoms with E-state index in [0.717, 1.165) is 5.56 Å². The standard InChI is InChI=1S/C19H18N4O4/c1-3-22-12-14(11-20-22)19(24)21-15-8-16(23(25)26)10-18(9-15)27-17-6-4-5-13(2)7-17/h4-12H,3H2,1-2H3,(H,21,24). The van der Waals surface area contributed by atoms with Gasteiger partial charge in [-0.3, -0.25) is 19.6 Å². The number of amides is 1. The molecule has 0 bridgehead atoms. The molecule has 8 nitrogen and oxygen atoms in total. The lowest BCUT2D eigenvalue weighted by atomic mass is 10.2. The molecule has 0 aliphatic carbocycles. The summed E-state index contributed by atoms with van der Waals surface area (Å²) in [5.41, 5.74) is 1.45. The number of hydrogen-bond acceptors (Lipinski definition) is 5. The number of nitro benzene ring substituents is 1. The number of non-ortho nitro benzene ring substituents is 1. The number of aryl methyl sites for hydroxylation is 2. The average Bonchev–Trinajstić information content (AvgIpc) is 3.11. The van der Waals surface area contributed by atoms with E-state index in [9.17, 15) is 14.9 Å². The monoisotopic (exact) mass is 366 g/mol. The van der Waals surface area contributed by atoms with Crippen LogP contribution in [0.15, 0.2) is 54.9 Å². The van der Waals surface area contributed by atoms with Gasteiger partial charge in [0.05, 0.1) is 28.4 Å². The zero-order chi connectivity index (χ0) is 19.4. The van der Waals surface area contributed by atoms with Gasteiger partial charge in [0.2, 0.25) is 0 Å². The van der Waals surface area contributed by atoms with E-state index in [0.29, 0.717) is 17.9 Å². The molecule has 1 N–H and O–H groups in total. The molecular weight excluding hydrogens is 348 g/mol. The fourth-order valence-corrected chi connectivity index (χ4v) is 2.49. The SMILES string of the molecule is CCn1cc(C(=O)Nc2cc(Oc3cccc(C)c3)cc([N+](=O)[O-])c2)cn1. The quantitative estimate of drug-likeness (QED) is 0.521. The van der Waals surface area contributed by atoms with Crippen molar-refractivity contribution in [3.05, 3.63) is 76.1 Å². The highest BCUT2D eigenvalue weighted by Gasteiger charge is 2.15. The van der Waals surface area contributed by atoms with Crippen LogP contribution >= 0.6 is 0 Å². The molecule has 0 saturated heterocycles. The third kappa shape index (κ3) is 4.49. The van der Waals surface area contributed by atoms with Crippen LogP contribution < -0.4 is 10.1 Å². The van der Waals surface area contributed by atoms with Gasteiger partial charge in [-0.1, -0.05) is 12.1 Å². The summed E-state index contributed by atoms with van der Waals surface area (Å²) in [7, 11) is 0. The first-order chi connectivity index (χ1) is 12.9. The molecule has 0 spiro atoms. The molecular formula is C19H18N4O4. The van der Waals surface area contributed by atoms with Crippen molar-refractivity contribution in [2.24, 2.45) is 0 Å². The topological polar surface area (TPSA) is 99.3 Å². The number of nitrogens with zero attached hydrogens (tertiary/aromatic N) is 3. The van der Waals surface area contributed by atoms with E-state index in [1.54, 1.807) is 16.9 Å². The Kier molecular flexibility index (Phi) is 5.16. The van der Waals surface area contributed by atoms with E-state index in [-0.39, 0.29) is 17.1 Å². The molecule has 1 amide bonds. The minimum atomic E-state index is -0.534. The van der Waals surface area contributed by atoms with Crippen molar-refractivity contribution in [3.8, 4) is 11.5 Å². The van der Waals surface area contributed by atoms with Gasteiger partial charge in [0.25, 0.3) is 11.6 Å². The van der Waals surface area contributed by atoms with E-state index in [4.69, 9.17) is 4.74 Å². The molecule has 8 heteroatoms. The molecule has 0 unspecified atom stereocenters. The van der Waals surface area contributed by atoms with Crippen molar-refractivity contribution in [1.82, 2.24) is 9.78 Å². The van der Waals surface area contributed by atoms with Gasteiger partial charge in [-0.25, -0.2) is 0 Å². The highest BCUT2D eigenvalue weighted by Crippen LogP contribution is 2.30. The van der Waals surface area contributed by atoms with Crippen molar-refractivity contribution in [2.75, 3.05) is 5.32 Å². The number of rotatable bonds is 6. The lowest BCUT2D eigenvalue weighted by molar-refractivity contribution is -0.384. The van der Waals surface area contributed by atoms with Crippen LogP contribution in [-0.2, 0) is 6.54 Å². The summed E-state index contributed by atoms with van der Waals surface area (Å²) in [6.07, 6.45) is 3.05. The van der Waals surface area contributed by atoms with Gasteiger partial charge in [-0.05, 0) is 31.5 Å². The number of hydrogen-bond donors (Lipinski definition) is 1. The zero-order valence-electron chi connectivity index (χ0n) is 14.9. The Morgan fingerprint density at radius 3 is 2.74 bits per heavy atom. The number of aromatic nitrogens is 2. The minimum absolute atomic E-state index is 0.181. The molecule has 0 aliphatic rings. The number of carbonyl (C=O) groups excluding carboxylic acids is 1. The molecule has 0 fully saturated rings. The van der Waals surface area contributed by atoms with E-state index in [1.165, 1.54) is 24.4 Å². The van der Waals surface area contributed by atoms with E-state index in [1.807, 2.05) is 32.0 Å². The van der Waals surface area contributed by atoms with Gasteiger partial charge in [0.15, 0.2) is 0 Å². The molecule has 0 aliphatic heterocycles. The average molecular weight is 366 g/mol. The van der Waals surface area contributed by atoms with E-state index < -0.39 is 10.8 Å². The molecule has 2 aromatic carbocycles. The van der Waals surface area contributed by atoms with Gasteiger partial charge in [-0.2, -0.15) is 5.10 Å². The number of nitro groups is 1. The summed E-state index contributed by atoms with van der Waals surface area (Å²) in [4.78, 5) is 23.1. The number of anilines is 1. The van der Waals surface area contributed by atoms with Crippen molar-refractivity contribution < 1.29 is 14.5 Å². The van der Waals surface area contributed by atoms with Crippen LogP contribution in [0.1, 0.15) is 22.8 Å². The third-order valence-corrected chi connectivity index (χ3v) is 3.80. The van der Waals surface area contributed by atoms with Crippen molar-refractivity contribution in [1.29, 1.82) is 0 Å². The second kappa shape index (κ2) is 7.69. The summed E-state index contributed by atoms with van der Waals surface area (Å²) >= 11 is 0. The zero-order valence-corrected chi connectivity index (χ0v) is 14.9. The molecule has 0 radical (unpaired) electrons. The highest BCUT2D eigenvalue weighted by molar-refractivity contribution is 6.04. The Morgan fingerprint density at radius 2 is 2.07 bits per heavy atom. The Bertz CT molecular complexity index is 997. The Hall–Kier alpha value is -3.68. The lowest BCUT2D eigenvalue weighted by Gasteiger charge is -2.09. The predicted octanol–water partition coefficient (Wildman–Crippen LogP) is 4.16. The van der Waals surface area contributed by atoms with Crippen LogP contribution in [0.2, 0.25) is 0 Å². The largest absolute Gasteiger partial charge is 0.457 e. The lowest BCUT2D eigenvalue weighted by Crippen LogP contribution is -2.11. The maximum atomic E-state index is 12.4. The molecule has 1 aromatic heterocycles. The maximum absolute atomic E-state index is 12.4. The smallest absolute Gasteiger partial charge is 0.275 e. The van der Waals surface area contributed by atoms with Crippen LogP contribution in [0, 0.1) is 17.0 Å². The molecule has 3 aromatic rings. The van der Waals surface area contributed by atoms with Crippen molar-refractivity contribution in [2.45, 2.75) is 20.4 Å². The molecule has 27 heavy (non-hydrogen) atoms. The number of nitrogens with one attached hydrogen (secondary N) is 1. The fourth-order valence-electron chi connectivity index (χ4n) is 2.49. The summed E-state index contributed by atoms with van der Waals surface area (Å²) in [6, 6.07) is 11.5. The van der Waals surface area contributed by atoms with Crippen LogP contribution in [0.5, 0.6) is 11.5 Å². The predicted molar refractivity (Wildman–Crippen MR) is 100 cm³/mol. The Balaban J connectivity index is 1.86. The number of ether oxygens (including phenoxy) is 1. The molecule has 3 rings (SSSR count). The van der Waals surface area contributed by atoms with Gasteiger partial charge >= 0.3 is 0 Å². The number of benzene rings is 2. The van der Waals surface area contributed by atoms with E-state index in [2.05, 4.69) is 10.4 Å². The first-order valence-corrected chi connectivity index (χ1v) is 8.32. The second-order valence-electron chi connectivity index (χ2n) is 5.93. The van der Waals surface area contributed by atoms with Gasteiger partial charge in [0.1, 0.15) is 11.5 Å². The summed E-state index contributed by atoms with van der Waals surface area (Å²) in [6.45, 7) is 4.46. The van der Waals surface area contributed by atoms with Crippen molar-refractivity contribution >= 4 is 17.3 Å². The van der Waals surface area contributed by atoms with Crippen LogP contribution in [0.25, 0.3) is 0 Å². The van der Waals surface area contributed by atoms with Gasteiger partial charge in [0, 0.05) is 24.9 Å². The third-order valence-electron chi connectivity index (χ3n) is 3.80. The van der Waals surface area contributed by atoms with Crippen LogP contribution in [0.4, 0.5) is 11.4 Å². The summed E-state index contributed by atoms with van der Waals surface area (Å²) in [5.74, 6) is 0.406. The Morgan fingerprint density at radius 1 is 1.26 bits per heavy atom. The molecule has 138 valence electrons. The minimum Gasteiger partial charge on any atom is -0.457 e. The first kappa shape index (κ1) is 18.1. The van der Waals surface area contributed by atoms with Crippen molar-refractivity contribution in [3.63, 3.8) is 0 Å². The second-order valence-corrected chi connectivity index (χ2v) is 5.93. The van der Waals surface area contributed by atoms with Crippen LogP contribution in [-0.4, -0.2) is 20.6 Å².